The van der Waals surface area contributed by atoms with E-state index in [1.165, 1.54) is 36.8 Å². The van der Waals surface area contributed by atoms with E-state index < -0.39 is 5.97 Å². The van der Waals surface area contributed by atoms with Crippen molar-refractivity contribution in [2.75, 3.05) is 0 Å². The van der Waals surface area contributed by atoms with Gasteiger partial charge in [0.25, 0.3) is 0 Å². The molecule has 4 rings (SSSR count). The summed E-state index contributed by atoms with van der Waals surface area (Å²) < 4.78 is 7.67. The molecule has 8 heteroatoms. The van der Waals surface area contributed by atoms with Crippen molar-refractivity contribution < 1.29 is 14.6 Å². The molecule has 174 valence electrons. The average molecular weight is 488 g/mol. The fraction of sp³-hybridized carbons (Fsp3) is 0.360. The minimum absolute atomic E-state index is 0.0581. The van der Waals surface area contributed by atoms with Crippen LogP contribution >= 0.6 is 23.2 Å². The van der Waals surface area contributed by atoms with Gasteiger partial charge in [-0.25, -0.2) is 4.79 Å². The van der Waals surface area contributed by atoms with E-state index in [1.54, 1.807) is 36.4 Å². The summed E-state index contributed by atoms with van der Waals surface area (Å²) in [5, 5.41) is 18.9. The van der Waals surface area contributed by atoms with Gasteiger partial charge in [-0.2, -0.15) is 9.78 Å². The SMILES string of the molecule is O=C(O)c1nn(-c2ccccc2Cl)c(Oc2ccc(Cl)cc2)c1CNC1CCCCCCC1. The zero-order valence-electron chi connectivity index (χ0n) is 18.3. The van der Waals surface area contributed by atoms with Crippen LogP contribution in [-0.4, -0.2) is 26.9 Å². The molecule has 1 aliphatic rings. The van der Waals surface area contributed by atoms with Crippen molar-refractivity contribution in [2.24, 2.45) is 0 Å². The molecule has 0 atom stereocenters. The largest absolute Gasteiger partial charge is 0.476 e. The van der Waals surface area contributed by atoms with E-state index in [4.69, 9.17) is 27.9 Å². The van der Waals surface area contributed by atoms with Gasteiger partial charge in [0.15, 0.2) is 5.69 Å². The fourth-order valence-electron chi connectivity index (χ4n) is 4.18. The molecule has 0 aliphatic heterocycles. The molecule has 0 bridgehead atoms. The van der Waals surface area contributed by atoms with Gasteiger partial charge in [0.05, 0.1) is 16.3 Å². The highest BCUT2D eigenvalue weighted by Gasteiger charge is 2.27. The van der Waals surface area contributed by atoms with Crippen LogP contribution in [0.25, 0.3) is 5.69 Å². The molecule has 0 unspecified atom stereocenters. The molecule has 0 spiro atoms. The highest BCUT2D eigenvalue weighted by Crippen LogP contribution is 2.34. The van der Waals surface area contributed by atoms with Gasteiger partial charge in [0.1, 0.15) is 5.75 Å². The van der Waals surface area contributed by atoms with Gasteiger partial charge >= 0.3 is 5.97 Å². The van der Waals surface area contributed by atoms with Crippen LogP contribution in [0.2, 0.25) is 10.0 Å². The van der Waals surface area contributed by atoms with Gasteiger partial charge < -0.3 is 15.2 Å². The minimum Gasteiger partial charge on any atom is -0.476 e. The zero-order valence-corrected chi connectivity index (χ0v) is 19.8. The molecule has 1 saturated carbocycles. The summed E-state index contributed by atoms with van der Waals surface area (Å²) in [6, 6.07) is 14.4. The fourth-order valence-corrected chi connectivity index (χ4v) is 4.52. The molecule has 0 amide bonds. The second-order valence-corrected chi connectivity index (χ2v) is 9.12. The van der Waals surface area contributed by atoms with Crippen molar-refractivity contribution in [1.82, 2.24) is 15.1 Å². The lowest BCUT2D eigenvalue weighted by Crippen LogP contribution is -2.29. The van der Waals surface area contributed by atoms with E-state index in [1.807, 2.05) is 12.1 Å². The Hall–Kier alpha value is -2.54. The topological polar surface area (TPSA) is 76.4 Å². The molecule has 0 saturated heterocycles. The maximum atomic E-state index is 12.1. The highest BCUT2D eigenvalue weighted by atomic mass is 35.5. The average Bonchev–Trinajstić information content (AvgIpc) is 3.13. The third-order valence-electron chi connectivity index (χ3n) is 5.92. The Morgan fingerprint density at radius 1 is 1.03 bits per heavy atom. The summed E-state index contributed by atoms with van der Waals surface area (Å²) in [6.07, 6.45) is 8.29. The maximum Gasteiger partial charge on any atom is 0.356 e. The number of carboxylic acid groups (broad SMARTS) is 1. The predicted octanol–water partition coefficient (Wildman–Crippen LogP) is 6.87. The van der Waals surface area contributed by atoms with Crippen LogP contribution < -0.4 is 10.1 Å². The van der Waals surface area contributed by atoms with Crippen molar-refractivity contribution in [3.63, 3.8) is 0 Å². The maximum absolute atomic E-state index is 12.1. The predicted molar refractivity (Wildman–Crippen MR) is 130 cm³/mol. The van der Waals surface area contributed by atoms with Crippen LogP contribution in [0.1, 0.15) is 61.0 Å². The summed E-state index contributed by atoms with van der Waals surface area (Å²) in [5.41, 5.74) is 0.972. The number of aromatic carboxylic acids is 1. The van der Waals surface area contributed by atoms with Crippen molar-refractivity contribution in [3.05, 3.63) is 69.8 Å². The number of nitrogens with zero attached hydrogens (tertiary/aromatic N) is 2. The number of carboxylic acids is 1. The lowest BCUT2D eigenvalue weighted by Gasteiger charge is -2.21. The van der Waals surface area contributed by atoms with Gasteiger partial charge in [-0.15, -0.1) is 0 Å². The molecule has 3 aromatic rings. The van der Waals surface area contributed by atoms with Crippen molar-refractivity contribution in [3.8, 4) is 17.3 Å². The van der Waals surface area contributed by atoms with Crippen LogP contribution in [0.4, 0.5) is 0 Å². The molecular weight excluding hydrogens is 461 g/mol. The number of aromatic nitrogens is 2. The Bertz CT molecular complexity index is 1090. The summed E-state index contributed by atoms with van der Waals surface area (Å²) in [5.74, 6) is -0.269. The number of ether oxygens (including phenoxy) is 1. The van der Waals surface area contributed by atoms with E-state index in [0.717, 1.165) is 12.8 Å². The van der Waals surface area contributed by atoms with E-state index in [0.29, 0.717) is 45.5 Å². The Morgan fingerprint density at radius 3 is 2.36 bits per heavy atom. The Morgan fingerprint density at radius 2 is 1.70 bits per heavy atom. The smallest absolute Gasteiger partial charge is 0.356 e. The van der Waals surface area contributed by atoms with Crippen molar-refractivity contribution in [1.29, 1.82) is 0 Å². The number of hydrogen-bond acceptors (Lipinski definition) is 4. The molecule has 33 heavy (non-hydrogen) atoms. The van der Waals surface area contributed by atoms with Gasteiger partial charge in [0.2, 0.25) is 5.88 Å². The van der Waals surface area contributed by atoms with E-state index in [2.05, 4.69) is 10.4 Å². The zero-order chi connectivity index (χ0) is 23.2. The highest BCUT2D eigenvalue weighted by molar-refractivity contribution is 6.32. The van der Waals surface area contributed by atoms with E-state index in [-0.39, 0.29) is 5.69 Å². The number of hydrogen-bond donors (Lipinski definition) is 2. The normalized spacial score (nSPS) is 15.1. The number of halogens is 2. The third kappa shape index (κ3) is 5.88. The van der Waals surface area contributed by atoms with E-state index in [9.17, 15) is 9.90 Å². The summed E-state index contributed by atoms with van der Waals surface area (Å²) in [7, 11) is 0. The van der Waals surface area contributed by atoms with Gasteiger partial charge in [-0.1, -0.05) is 67.4 Å². The van der Waals surface area contributed by atoms with E-state index >= 15 is 0 Å². The quantitative estimate of drug-likeness (QED) is 0.380. The molecule has 6 nitrogen and oxygen atoms in total. The molecule has 1 fully saturated rings. The first-order valence-electron chi connectivity index (χ1n) is 11.3. The lowest BCUT2D eigenvalue weighted by molar-refractivity contribution is 0.0688. The monoisotopic (exact) mass is 487 g/mol. The first-order valence-corrected chi connectivity index (χ1v) is 12.1. The number of para-hydroxylation sites is 1. The summed E-state index contributed by atoms with van der Waals surface area (Å²) in [4.78, 5) is 12.1. The second kappa shape index (κ2) is 11.1. The van der Waals surface area contributed by atoms with Crippen LogP contribution in [0.15, 0.2) is 48.5 Å². The van der Waals surface area contributed by atoms with Crippen LogP contribution in [0.3, 0.4) is 0 Å². The van der Waals surface area contributed by atoms with Crippen LogP contribution in [-0.2, 0) is 6.54 Å². The summed E-state index contributed by atoms with van der Waals surface area (Å²) in [6.45, 7) is 0.333. The number of benzene rings is 2. The van der Waals surface area contributed by atoms with Crippen molar-refractivity contribution >= 4 is 29.2 Å². The number of rotatable bonds is 7. The van der Waals surface area contributed by atoms with Gasteiger partial charge in [-0.05, 0) is 49.2 Å². The Kier molecular flexibility index (Phi) is 7.91. The minimum atomic E-state index is -1.11. The molecule has 0 radical (unpaired) electrons. The number of nitrogens with one attached hydrogen (secondary N) is 1. The standard InChI is InChI=1S/C25H27Cl2N3O3/c26-17-12-14-19(15-13-17)33-24-20(16-28-18-8-4-2-1-3-5-9-18)23(25(31)32)29-30(24)22-11-7-6-10-21(22)27/h6-7,10-15,18,28H,1-5,8-9,16H2,(H,31,32). The van der Waals surface area contributed by atoms with Crippen LogP contribution in [0.5, 0.6) is 11.6 Å². The number of carbonyl (C=O) groups is 1. The molecule has 2 N–H and O–H groups in total. The van der Waals surface area contributed by atoms with Crippen molar-refractivity contribution in [2.45, 2.75) is 57.5 Å². The molecule has 1 aliphatic carbocycles. The molecule has 1 aromatic heterocycles. The lowest BCUT2D eigenvalue weighted by atomic mass is 9.96. The molecular formula is C25H27Cl2N3O3. The van der Waals surface area contributed by atoms with Gasteiger partial charge in [0, 0.05) is 17.6 Å². The third-order valence-corrected chi connectivity index (χ3v) is 6.49. The van der Waals surface area contributed by atoms with Gasteiger partial charge in [-0.3, -0.25) is 0 Å². The first kappa shape index (κ1) is 23.6. The Labute approximate surface area is 203 Å². The second-order valence-electron chi connectivity index (χ2n) is 8.28. The molecule has 2 aromatic carbocycles. The first-order chi connectivity index (χ1) is 16.0. The Balaban J connectivity index is 1.72. The van der Waals surface area contributed by atoms with Crippen LogP contribution in [0, 0.1) is 0 Å². The summed E-state index contributed by atoms with van der Waals surface area (Å²) >= 11 is 12.5. The molecule has 1 heterocycles.